The van der Waals surface area contributed by atoms with E-state index in [1.165, 1.54) is 4.31 Å². The van der Waals surface area contributed by atoms with Gasteiger partial charge in [-0.1, -0.05) is 18.2 Å². The van der Waals surface area contributed by atoms with E-state index in [-0.39, 0.29) is 11.5 Å². The summed E-state index contributed by atoms with van der Waals surface area (Å²) in [5.41, 5.74) is 2.94. The zero-order chi connectivity index (χ0) is 20.3. The lowest BCUT2D eigenvalue weighted by molar-refractivity contribution is 0.0697. The number of hydrogen-bond donors (Lipinski definition) is 1. The number of piperidine rings is 1. The SMILES string of the molecule is CN(C)S(=O)(=O)N1CCCC(Cc2cccnc2-c2ccc(C(=O)O)cc2)C1. The molecule has 2 aromatic rings. The number of pyridine rings is 1. The van der Waals surface area contributed by atoms with Crippen molar-refractivity contribution in [3.8, 4) is 11.3 Å². The normalized spacial score (nSPS) is 18.3. The van der Waals surface area contributed by atoms with Crippen molar-refractivity contribution in [1.29, 1.82) is 0 Å². The maximum Gasteiger partial charge on any atom is 0.335 e. The van der Waals surface area contributed by atoms with Crippen molar-refractivity contribution in [1.82, 2.24) is 13.6 Å². The first kappa shape index (κ1) is 20.4. The standard InChI is InChI=1S/C20H25N3O4S/c1-22(2)28(26,27)23-12-4-5-15(14-23)13-18-6-3-11-21-19(18)16-7-9-17(10-8-16)20(24)25/h3,6-11,15H,4-5,12-14H2,1-2H3,(H,24,25). The first-order chi connectivity index (χ1) is 13.3. The molecule has 1 aromatic carbocycles. The molecular formula is C20H25N3O4S. The van der Waals surface area contributed by atoms with Crippen molar-refractivity contribution >= 4 is 16.2 Å². The molecule has 1 fully saturated rings. The molecule has 0 spiro atoms. The van der Waals surface area contributed by atoms with Gasteiger partial charge in [0, 0.05) is 38.9 Å². The fraction of sp³-hybridized carbons (Fsp3) is 0.400. The van der Waals surface area contributed by atoms with E-state index in [1.54, 1.807) is 48.9 Å². The molecule has 0 aliphatic carbocycles. The first-order valence-electron chi connectivity index (χ1n) is 9.24. The van der Waals surface area contributed by atoms with E-state index in [9.17, 15) is 13.2 Å². The minimum Gasteiger partial charge on any atom is -0.478 e. The van der Waals surface area contributed by atoms with Crippen LogP contribution < -0.4 is 0 Å². The Bertz CT molecular complexity index is 942. The number of rotatable bonds is 6. The van der Waals surface area contributed by atoms with Gasteiger partial charge in [0.1, 0.15) is 0 Å². The molecule has 3 rings (SSSR count). The number of aromatic carboxylic acids is 1. The van der Waals surface area contributed by atoms with Gasteiger partial charge in [0.25, 0.3) is 10.2 Å². The van der Waals surface area contributed by atoms with Gasteiger partial charge in [0.05, 0.1) is 11.3 Å². The van der Waals surface area contributed by atoms with Crippen LogP contribution in [0.1, 0.15) is 28.8 Å². The van der Waals surface area contributed by atoms with Crippen molar-refractivity contribution in [2.24, 2.45) is 5.92 Å². The summed E-state index contributed by atoms with van der Waals surface area (Å²) in [7, 11) is -0.296. The molecule has 1 saturated heterocycles. The van der Waals surface area contributed by atoms with E-state index in [4.69, 9.17) is 5.11 Å². The second-order valence-electron chi connectivity index (χ2n) is 7.25. The summed E-state index contributed by atoms with van der Waals surface area (Å²) in [6.07, 6.45) is 4.24. The molecule has 0 radical (unpaired) electrons. The van der Waals surface area contributed by atoms with Gasteiger partial charge in [-0.2, -0.15) is 17.0 Å². The molecule has 1 aliphatic rings. The molecule has 28 heavy (non-hydrogen) atoms. The average molecular weight is 404 g/mol. The molecule has 7 nitrogen and oxygen atoms in total. The molecule has 1 atom stereocenters. The van der Waals surface area contributed by atoms with Crippen LogP contribution in [-0.4, -0.2) is 60.3 Å². The molecule has 1 aromatic heterocycles. The van der Waals surface area contributed by atoms with Gasteiger partial charge in [-0.15, -0.1) is 0 Å². The monoisotopic (exact) mass is 403 g/mol. The number of hydrogen-bond acceptors (Lipinski definition) is 4. The number of benzene rings is 1. The summed E-state index contributed by atoms with van der Waals surface area (Å²) in [6, 6.07) is 10.6. The van der Waals surface area contributed by atoms with E-state index in [0.29, 0.717) is 13.1 Å². The summed E-state index contributed by atoms with van der Waals surface area (Å²) < 4.78 is 27.7. The van der Waals surface area contributed by atoms with Crippen LogP contribution in [0.15, 0.2) is 42.6 Å². The predicted molar refractivity (Wildman–Crippen MR) is 107 cm³/mol. The Morgan fingerprint density at radius 2 is 1.96 bits per heavy atom. The van der Waals surface area contributed by atoms with E-state index >= 15 is 0 Å². The lowest BCUT2D eigenvalue weighted by Gasteiger charge is -2.33. The van der Waals surface area contributed by atoms with Crippen LogP contribution in [0.4, 0.5) is 0 Å². The summed E-state index contributed by atoms with van der Waals surface area (Å²) in [5, 5.41) is 9.07. The minimum atomic E-state index is -3.40. The highest BCUT2D eigenvalue weighted by Crippen LogP contribution is 2.28. The average Bonchev–Trinajstić information content (AvgIpc) is 2.68. The Kier molecular flexibility index (Phi) is 6.12. The first-order valence-corrected chi connectivity index (χ1v) is 10.6. The van der Waals surface area contributed by atoms with Gasteiger partial charge in [-0.3, -0.25) is 4.98 Å². The fourth-order valence-electron chi connectivity index (χ4n) is 3.58. The van der Waals surface area contributed by atoms with Crippen LogP contribution in [0, 0.1) is 5.92 Å². The van der Waals surface area contributed by atoms with Crippen molar-refractivity contribution < 1.29 is 18.3 Å². The smallest absolute Gasteiger partial charge is 0.335 e. The molecular weight excluding hydrogens is 378 g/mol. The van der Waals surface area contributed by atoms with Crippen molar-refractivity contribution in [3.63, 3.8) is 0 Å². The maximum absolute atomic E-state index is 12.5. The predicted octanol–water partition coefficient (Wildman–Crippen LogP) is 2.51. The Morgan fingerprint density at radius 3 is 2.61 bits per heavy atom. The van der Waals surface area contributed by atoms with Crippen LogP contribution in [0.5, 0.6) is 0 Å². The molecule has 0 saturated carbocycles. The van der Waals surface area contributed by atoms with Crippen molar-refractivity contribution in [2.75, 3.05) is 27.2 Å². The summed E-state index contributed by atoms with van der Waals surface area (Å²) in [4.78, 5) is 15.6. The van der Waals surface area contributed by atoms with Crippen LogP contribution in [-0.2, 0) is 16.6 Å². The van der Waals surface area contributed by atoms with E-state index in [0.717, 1.165) is 36.1 Å². The number of carbonyl (C=O) groups is 1. The van der Waals surface area contributed by atoms with Gasteiger partial charge in [-0.05, 0) is 48.9 Å². The topological polar surface area (TPSA) is 90.8 Å². The Labute approximate surface area is 165 Å². The molecule has 1 N–H and O–H groups in total. The van der Waals surface area contributed by atoms with Crippen LogP contribution in [0.3, 0.4) is 0 Å². The minimum absolute atomic E-state index is 0.213. The summed E-state index contributed by atoms with van der Waals surface area (Å²) in [5.74, 6) is -0.748. The zero-order valence-electron chi connectivity index (χ0n) is 16.1. The van der Waals surface area contributed by atoms with Crippen LogP contribution >= 0.6 is 0 Å². The van der Waals surface area contributed by atoms with E-state index in [2.05, 4.69) is 4.98 Å². The van der Waals surface area contributed by atoms with Crippen molar-refractivity contribution in [3.05, 3.63) is 53.7 Å². The number of carboxylic acid groups (broad SMARTS) is 1. The van der Waals surface area contributed by atoms with Gasteiger partial charge < -0.3 is 5.11 Å². The lowest BCUT2D eigenvalue weighted by Crippen LogP contribution is -2.45. The third-order valence-electron chi connectivity index (χ3n) is 5.07. The van der Waals surface area contributed by atoms with E-state index < -0.39 is 16.2 Å². The molecule has 150 valence electrons. The largest absolute Gasteiger partial charge is 0.478 e. The molecule has 0 amide bonds. The number of carboxylic acids is 1. The van der Waals surface area contributed by atoms with Gasteiger partial charge in [0.15, 0.2) is 0 Å². The second kappa shape index (κ2) is 8.38. The lowest BCUT2D eigenvalue weighted by atomic mass is 9.90. The second-order valence-corrected chi connectivity index (χ2v) is 9.40. The molecule has 8 heteroatoms. The Hall–Kier alpha value is -2.29. The zero-order valence-corrected chi connectivity index (χ0v) is 16.9. The third-order valence-corrected chi connectivity index (χ3v) is 6.98. The Balaban J connectivity index is 1.81. The highest BCUT2D eigenvalue weighted by atomic mass is 32.2. The highest BCUT2D eigenvalue weighted by molar-refractivity contribution is 7.86. The maximum atomic E-state index is 12.5. The number of aromatic nitrogens is 1. The summed E-state index contributed by atoms with van der Waals surface area (Å²) >= 11 is 0. The van der Waals surface area contributed by atoms with Crippen LogP contribution in [0.2, 0.25) is 0 Å². The quantitative estimate of drug-likeness (QED) is 0.800. The van der Waals surface area contributed by atoms with Gasteiger partial charge in [-0.25, -0.2) is 4.79 Å². The van der Waals surface area contributed by atoms with Gasteiger partial charge in [0.2, 0.25) is 0 Å². The highest BCUT2D eigenvalue weighted by Gasteiger charge is 2.30. The van der Waals surface area contributed by atoms with E-state index in [1.807, 2.05) is 12.1 Å². The summed E-state index contributed by atoms with van der Waals surface area (Å²) in [6.45, 7) is 1.04. The van der Waals surface area contributed by atoms with Crippen LogP contribution in [0.25, 0.3) is 11.3 Å². The Morgan fingerprint density at radius 1 is 1.25 bits per heavy atom. The van der Waals surface area contributed by atoms with Gasteiger partial charge >= 0.3 is 5.97 Å². The fourth-order valence-corrected chi connectivity index (χ4v) is 4.80. The third kappa shape index (κ3) is 4.40. The molecule has 1 unspecified atom stereocenters. The molecule has 2 heterocycles. The molecule has 1 aliphatic heterocycles. The van der Waals surface area contributed by atoms with Crippen molar-refractivity contribution in [2.45, 2.75) is 19.3 Å². The number of nitrogens with zero attached hydrogens (tertiary/aromatic N) is 3. The molecule has 0 bridgehead atoms.